The third-order valence-electron chi connectivity index (χ3n) is 5.84. The topological polar surface area (TPSA) is 49.8 Å². The van der Waals surface area contributed by atoms with E-state index in [1.54, 1.807) is 6.92 Å². The Hall–Kier alpha value is -1.05. The summed E-state index contributed by atoms with van der Waals surface area (Å²) in [6, 6.07) is 0. The van der Waals surface area contributed by atoms with Crippen molar-refractivity contribution >= 4 is 5.97 Å². The third-order valence-corrected chi connectivity index (χ3v) is 5.84. The molecular weight excluding hydrogens is 278 g/mol. The largest absolute Gasteiger partial charge is 0.459 e. The molecule has 3 rings (SSSR count). The molecule has 0 aromatic heterocycles. The van der Waals surface area contributed by atoms with Gasteiger partial charge in [0.15, 0.2) is 0 Å². The summed E-state index contributed by atoms with van der Waals surface area (Å²) >= 11 is 0. The van der Waals surface area contributed by atoms with E-state index in [2.05, 4.69) is 23.8 Å². The second-order valence-corrected chi connectivity index (χ2v) is 7.33. The van der Waals surface area contributed by atoms with E-state index in [1.165, 1.54) is 6.42 Å². The van der Waals surface area contributed by atoms with Crippen LogP contribution in [0.2, 0.25) is 0 Å². The molecule has 4 atom stereocenters. The van der Waals surface area contributed by atoms with Crippen LogP contribution in [0.3, 0.4) is 0 Å². The van der Waals surface area contributed by atoms with Gasteiger partial charge in [0, 0.05) is 19.0 Å². The van der Waals surface area contributed by atoms with Crippen molar-refractivity contribution in [3.05, 3.63) is 0 Å². The van der Waals surface area contributed by atoms with Gasteiger partial charge in [-0.2, -0.15) is 0 Å². The molecule has 0 aromatic carbocycles. The first-order chi connectivity index (χ1) is 10.5. The van der Waals surface area contributed by atoms with Crippen molar-refractivity contribution in [3.63, 3.8) is 0 Å². The van der Waals surface area contributed by atoms with Crippen LogP contribution in [0.1, 0.15) is 45.4 Å². The van der Waals surface area contributed by atoms with Crippen molar-refractivity contribution in [1.82, 2.24) is 4.90 Å². The predicted molar refractivity (Wildman–Crippen MR) is 83.9 cm³/mol. The molecule has 122 valence electrons. The van der Waals surface area contributed by atoms with Crippen LogP contribution in [-0.4, -0.2) is 47.8 Å². The molecule has 1 heterocycles. The number of carbonyl (C=O) groups is 1. The second kappa shape index (κ2) is 6.22. The van der Waals surface area contributed by atoms with E-state index in [0.717, 1.165) is 45.2 Å². The molecule has 0 amide bonds. The van der Waals surface area contributed by atoms with Crippen LogP contribution >= 0.6 is 0 Å². The number of aliphatic hydroxyl groups is 1. The lowest BCUT2D eigenvalue weighted by molar-refractivity contribution is -0.173. The van der Waals surface area contributed by atoms with Gasteiger partial charge in [-0.15, -0.1) is 5.92 Å². The number of carbonyl (C=O) groups excluding carboxylic acids is 1. The Labute approximate surface area is 133 Å². The molecule has 3 aliphatic rings. The molecule has 4 nitrogen and oxygen atoms in total. The smallest absolute Gasteiger partial charge is 0.351 e. The maximum absolute atomic E-state index is 12.7. The van der Waals surface area contributed by atoms with Gasteiger partial charge in [0.2, 0.25) is 5.60 Å². The van der Waals surface area contributed by atoms with Gasteiger partial charge in [-0.3, -0.25) is 0 Å². The lowest BCUT2D eigenvalue weighted by atomic mass is 9.76. The number of rotatable bonds is 3. The molecule has 3 fully saturated rings. The van der Waals surface area contributed by atoms with Gasteiger partial charge in [0.25, 0.3) is 0 Å². The SMILES string of the molecule is CC#CC(O)(C(=O)OC1CCN(C)CC1)C1CC2CCC1C2. The van der Waals surface area contributed by atoms with E-state index in [9.17, 15) is 9.90 Å². The fourth-order valence-corrected chi connectivity index (χ4v) is 4.59. The average Bonchev–Trinajstić information content (AvgIpc) is 3.12. The summed E-state index contributed by atoms with van der Waals surface area (Å²) in [5, 5.41) is 11.0. The summed E-state index contributed by atoms with van der Waals surface area (Å²) < 4.78 is 5.66. The standard InChI is InChI=1S/C18H27NO3/c1-3-8-18(21,16-12-13-4-5-14(16)11-13)17(20)22-15-6-9-19(2)10-7-15/h13-16,21H,4-7,9-12H2,1-2H3. The molecule has 0 spiro atoms. The van der Waals surface area contributed by atoms with Gasteiger partial charge in [-0.05, 0) is 57.9 Å². The van der Waals surface area contributed by atoms with Crippen LogP contribution in [0.15, 0.2) is 0 Å². The Morgan fingerprint density at radius 2 is 1.95 bits per heavy atom. The summed E-state index contributed by atoms with van der Waals surface area (Å²) in [7, 11) is 2.08. The van der Waals surface area contributed by atoms with Crippen molar-refractivity contribution in [2.75, 3.05) is 20.1 Å². The molecule has 4 unspecified atom stereocenters. The molecule has 1 aliphatic heterocycles. The summed E-state index contributed by atoms with van der Waals surface area (Å²) in [6.45, 7) is 3.55. The zero-order chi connectivity index (χ0) is 15.7. The zero-order valence-electron chi connectivity index (χ0n) is 13.7. The highest BCUT2D eigenvalue weighted by atomic mass is 16.6. The van der Waals surface area contributed by atoms with E-state index in [4.69, 9.17) is 4.74 Å². The highest BCUT2D eigenvalue weighted by Gasteiger charge is 2.54. The molecule has 1 N–H and O–H groups in total. The first-order valence-corrected chi connectivity index (χ1v) is 8.59. The Kier molecular flexibility index (Phi) is 4.47. The molecule has 22 heavy (non-hydrogen) atoms. The van der Waals surface area contributed by atoms with Crippen molar-refractivity contribution < 1.29 is 14.6 Å². The Morgan fingerprint density at radius 3 is 2.50 bits per heavy atom. The van der Waals surface area contributed by atoms with Crippen LogP contribution in [0, 0.1) is 29.6 Å². The monoisotopic (exact) mass is 305 g/mol. The Balaban J connectivity index is 1.69. The van der Waals surface area contributed by atoms with Gasteiger partial charge in [0.1, 0.15) is 6.10 Å². The molecule has 2 aliphatic carbocycles. The highest BCUT2D eigenvalue weighted by molar-refractivity contribution is 5.84. The van der Waals surface area contributed by atoms with Crippen LogP contribution in [-0.2, 0) is 9.53 Å². The number of nitrogens with zero attached hydrogens (tertiary/aromatic N) is 1. The van der Waals surface area contributed by atoms with Crippen molar-refractivity contribution in [3.8, 4) is 11.8 Å². The van der Waals surface area contributed by atoms with Gasteiger partial charge >= 0.3 is 5.97 Å². The number of fused-ring (bicyclic) bond motifs is 2. The van der Waals surface area contributed by atoms with Crippen LogP contribution in [0.5, 0.6) is 0 Å². The zero-order valence-corrected chi connectivity index (χ0v) is 13.7. The molecule has 2 saturated carbocycles. The molecule has 0 radical (unpaired) electrons. The Morgan fingerprint density at radius 1 is 1.23 bits per heavy atom. The molecule has 2 bridgehead atoms. The number of hydrogen-bond donors (Lipinski definition) is 1. The maximum Gasteiger partial charge on any atom is 0.351 e. The lowest BCUT2D eigenvalue weighted by Crippen LogP contribution is -2.50. The molecule has 0 aromatic rings. The first kappa shape index (κ1) is 15.8. The minimum Gasteiger partial charge on any atom is -0.459 e. The second-order valence-electron chi connectivity index (χ2n) is 7.33. The van der Waals surface area contributed by atoms with Gasteiger partial charge in [0.05, 0.1) is 0 Å². The normalized spacial score (nSPS) is 34.8. The first-order valence-electron chi connectivity index (χ1n) is 8.59. The molecule has 4 heteroatoms. The number of ether oxygens (including phenoxy) is 1. The van der Waals surface area contributed by atoms with E-state index < -0.39 is 11.6 Å². The average molecular weight is 305 g/mol. The van der Waals surface area contributed by atoms with Crippen molar-refractivity contribution in [2.24, 2.45) is 17.8 Å². The quantitative estimate of drug-likeness (QED) is 0.638. The van der Waals surface area contributed by atoms with E-state index in [1.807, 2.05) is 0 Å². The van der Waals surface area contributed by atoms with Gasteiger partial charge in [-0.1, -0.05) is 12.3 Å². The summed E-state index contributed by atoms with van der Waals surface area (Å²) in [4.78, 5) is 14.9. The van der Waals surface area contributed by atoms with E-state index >= 15 is 0 Å². The van der Waals surface area contributed by atoms with Crippen LogP contribution < -0.4 is 0 Å². The number of esters is 1. The summed E-state index contributed by atoms with van der Waals surface area (Å²) in [5.74, 6) is 6.11. The van der Waals surface area contributed by atoms with Crippen molar-refractivity contribution in [1.29, 1.82) is 0 Å². The summed E-state index contributed by atoms with van der Waals surface area (Å²) in [5.41, 5.74) is -1.60. The molecule has 1 saturated heterocycles. The minimum atomic E-state index is -1.60. The minimum absolute atomic E-state index is 0.0440. The Bertz CT molecular complexity index is 486. The van der Waals surface area contributed by atoms with Crippen LogP contribution in [0.4, 0.5) is 0 Å². The van der Waals surface area contributed by atoms with E-state index in [0.29, 0.717) is 11.8 Å². The number of likely N-dealkylation sites (tertiary alicyclic amines) is 1. The van der Waals surface area contributed by atoms with E-state index in [-0.39, 0.29) is 12.0 Å². The fourth-order valence-electron chi connectivity index (χ4n) is 4.59. The lowest BCUT2D eigenvalue weighted by Gasteiger charge is -2.35. The summed E-state index contributed by atoms with van der Waals surface area (Å²) in [6.07, 6.45) is 6.01. The van der Waals surface area contributed by atoms with Crippen molar-refractivity contribution in [2.45, 2.75) is 57.2 Å². The highest BCUT2D eigenvalue weighted by Crippen LogP contribution is 2.52. The van der Waals surface area contributed by atoms with Gasteiger partial charge < -0.3 is 14.7 Å². The maximum atomic E-state index is 12.7. The van der Waals surface area contributed by atoms with Crippen LogP contribution in [0.25, 0.3) is 0 Å². The molecular formula is C18H27NO3. The van der Waals surface area contributed by atoms with Gasteiger partial charge in [-0.25, -0.2) is 4.79 Å². The predicted octanol–water partition coefficient (Wildman–Crippen LogP) is 1.81. The number of piperidine rings is 1. The third kappa shape index (κ3) is 2.89. The number of hydrogen-bond acceptors (Lipinski definition) is 4. The fraction of sp³-hybridized carbons (Fsp3) is 0.833.